The van der Waals surface area contributed by atoms with Crippen molar-refractivity contribution >= 4 is 16.1 Å². The summed E-state index contributed by atoms with van der Waals surface area (Å²) in [6.07, 6.45) is -6.95. The highest BCUT2D eigenvalue weighted by molar-refractivity contribution is 7.86. The molecular formula is C29H40F5NO6S. The van der Waals surface area contributed by atoms with Crippen LogP contribution in [0.25, 0.3) is 0 Å². The molecule has 4 fully saturated rings. The summed E-state index contributed by atoms with van der Waals surface area (Å²) < 4.78 is 111. The fourth-order valence-electron chi connectivity index (χ4n) is 6.93. The van der Waals surface area contributed by atoms with Gasteiger partial charge >= 0.3 is 17.4 Å². The molecule has 0 aromatic heterocycles. The number of allylic oxidation sites excluding steroid dienone is 1. The molecular weight excluding hydrogens is 585 g/mol. The molecule has 0 aliphatic heterocycles. The van der Waals surface area contributed by atoms with Crippen LogP contribution in [0.3, 0.4) is 0 Å². The number of halogens is 5. The number of carbonyl (C=O) groups excluding carboxylic acids is 1. The number of benzene rings is 1. The van der Waals surface area contributed by atoms with E-state index in [4.69, 9.17) is 4.74 Å². The van der Waals surface area contributed by atoms with Gasteiger partial charge in [0.1, 0.15) is 18.1 Å². The van der Waals surface area contributed by atoms with Gasteiger partial charge in [0.25, 0.3) is 6.10 Å². The van der Waals surface area contributed by atoms with Gasteiger partial charge in [-0.3, -0.25) is 4.79 Å². The number of rotatable bonds is 8. The van der Waals surface area contributed by atoms with E-state index in [9.17, 15) is 39.7 Å². The molecule has 6 unspecified atom stereocenters. The van der Waals surface area contributed by atoms with Crippen LogP contribution < -0.4 is 0 Å². The second kappa shape index (κ2) is 11.7. The molecule has 0 radical (unpaired) electrons. The van der Waals surface area contributed by atoms with Crippen molar-refractivity contribution in [3.05, 3.63) is 48.2 Å². The topological polar surface area (TPSA) is 92.7 Å². The monoisotopic (exact) mass is 625 g/mol. The molecule has 0 amide bonds. The summed E-state index contributed by atoms with van der Waals surface area (Å²) in [5.41, 5.74) is -0.545. The number of quaternary nitrogens is 1. The molecule has 42 heavy (non-hydrogen) atoms. The summed E-state index contributed by atoms with van der Waals surface area (Å²) in [4.78, 5) is 13.1. The number of nitrogens with zero attached hydrogens (tertiary/aromatic N) is 1. The Morgan fingerprint density at radius 3 is 2.19 bits per heavy atom. The van der Waals surface area contributed by atoms with Crippen LogP contribution in [0.1, 0.15) is 52.0 Å². The molecule has 4 saturated carbocycles. The maximum absolute atomic E-state index is 13.9. The van der Waals surface area contributed by atoms with Crippen LogP contribution in [0.4, 0.5) is 22.0 Å². The van der Waals surface area contributed by atoms with E-state index >= 15 is 0 Å². The summed E-state index contributed by atoms with van der Waals surface area (Å²) in [7, 11) is -0.151. The molecule has 0 N–H and O–H groups in total. The zero-order valence-electron chi connectivity index (χ0n) is 24.7. The Morgan fingerprint density at radius 2 is 1.69 bits per heavy atom. The maximum atomic E-state index is 13.9. The Kier molecular flexibility index (Phi) is 9.53. The van der Waals surface area contributed by atoms with Gasteiger partial charge in [0.05, 0.1) is 27.4 Å². The minimum Gasteiger partial charge on any atom is -0.743 e. The third-order valence-corrected chi connectivity index (χ3v) is 9.70. The molecule has 0 heterocycles. The zero-order chi connectivity index (χ0) is 31.9. The molecule has 1 aromatic carbocycles. The van der Waals surface area contributed by atoms with Gasteiger partial charge in [0, 0.05) is 11.5 Å². The molecule has 0 spiro atoms. The van der Waals surface area contributed by atoms with Crippen molar-refractivity contribution in [3.8, 4) is 0 Å². The third kappa shape index (κ3) is 6.93. The number of carbonyl (C=O) groups is 1. The lowest BCUT2D eigenvalue weighted by atomic mass is 9.40. The Bertz CT molecular complexity index is 1250. The Hall–Kier alpha value is -2.25. The smallest absolute Gasteiger partial charge is 0.432 e. The van der Waals surface area contributed by atoms with Gasteiger partial charge in [-0.1, -0.05) is 50.3 Å². The molecule has 1 aromatic rings. The van der Waals surface area contributed by atoms with E-state index in [1.807, 2.05) is 13.8 Å². The summed E-state index contributed by atoms with van der Waals surface area (Å²) in [5, 5.41) is -5.87. The van der Waals surface area contributed by atoms with Gasteiger partial charge in [0.15, 0.2) is 10.1 Å². The van der Waals surface area contributed by atoms with E-state index in [0.717, 1.165) is 17.4 Å². The van der Waals surface area contributed by atoms with Crippen LogP contribution >= 0.6 is 0 Å². The normalized spacial score (nSPS) is 29.5. The highest BCUT2D eigenvalue weighted by Gasteiger charge is 2.70. The molecule has 6 atom stereocenters. The first-order valence-corrected chi connectivity index (χ1v) is 15.2. The largest absolute Gasteiger partial charge is 0.743 e. The van der Waals surface area contributed by atoms with E-state index < -0.39 is 45.1 Å². The Labute approximate surface area is 244 Å². The zero-order valence-corrected chi connectivity index (χ0v) is 25.5. The molecule has 4 aliphatic carbocycles. The minimum absolute atomic E-state index is 0.0251. The van der Waals surface area contributed by atoms with Crippen LogP contribution in [0.15, 0.2) is 42.7 Å². The van der Waals surface area contributed by atoms with E-state index in [1.54, 1.807) is 6.92 Å². The van der Waals surface area contributed by atoms with Crippen molar-refractivity contribution in [2.75, 3.05) is 21.1 Å². The fourth-order valence-corrected chi connectivity index (χ4v) is 7.38. The highest BCUT2D eigenvalue weighted by Crippen LogP contribution is 2.67. The molecule has 7 nitrogen and oxygen atoms in total. The average Bonchev–Trinajstić information content (AvgIpc) is 2.83. The van der Waals surface area contributed by atoms with E-state index in [-0.39, 0.29) is 36.0 Å². The standard InChI is InChI=1S/C19H25F5O6S.C10H16N/c1-4-5-29-13-12-7-10-6-11(16(12,2)3)9-17(13,8-10)15(25)30-14(18(20,21)22)19(23,24)31(26,27)28;1-11(2,3)9-10-7-5-4-6-8-10/h4-5,10-14H,6-9H2,1-3H3,(H,26,27,28);4-8H,9H2,1-3H3/q;+1/p-1. The molecule has 4 bridgehead atoms. The predicted molar refractivity (Wildman–Crippen MR) is 144 cm³/mol. The lowest BCUT2D eigenvalue weighted by Crippen LogP contribution is -2.67. The lowest BCUT2D eigenvalue weighted by Gasteiger charge is -2.65. The van der Waals surface area contributed by atoms with Crippen molar-refractivity contribution in [2.24, 2.45) is 28.6 Å². The minimum atomic E-state index is -6.76. The van der Waals surface area contributed by atoms with Gasteiger partial charge in [-0.25, -0.2) is 8.42 Å². The summed E-state index contributed by atoms with van der Waals surface area (Å²) in [6, 6.07) is 10.6. The second-order valence-corrected chi connectivity index (χ2v) is 14.8. The Balaban J connectivity index is 0.000000369. The molecule has 4 aliphatic rings. The lowest BCUT2D eigenvalue weighted by molar-refractivity contribution is -0.884. The SMILES string of the molecule is CC=COC1C2CC3CC(CC1(C(=O)OC(C(F)(F)F)C(F)(F)S(=O)(=O)[O-])C3)C2(C)C.C[N+](C)(C)Cc1ccccc1. The van der Waals surface area contributed by atoms with Crippen LogP contribution in [0, 0.1) is 28.6 Å². The van der Waals surface area contributed by atoms with Crippen molar-refractivity contribution in [2.45, 2.75) is 76.6 Å². The molecule has 13 heteroatoms. The number of hydrogen-bond donors (Lipinski definition) is 0. The predicted octanol–water partition coefficient (Wildman–Crippen LogP) is 5.87. The number of esters is 1. The van der Waals surface area contributed by atoms with Crippen molar-refractivity contribution in [1.29, 1.82) is 0 Å². The summed E-state index contributed by atoms with van der Waals surface area (Å²) in [6.45, 7) is 6.68. The molecule has 238 valence electrons. The van der Waals surface area contributed by atoms with E-state index in [2.05, 4.69) is 56.2 Å². The highest BCUT2D eigenvalue weighted by atomic mass is 32.2. The van der Waals surface area contributed by atoms with Gasteiger partial charge in [-0.2, -0.15) is 22.0 Å². The number of ether oxygens (including phenoxy) is 2. The van der Waals surface area contributed by atoms with Gasteiger partial charge in [0.2, 0.25) is 0 Å². The average molecular weight is 626 g/mol. The van der Waals surface area contributed by atoms with Crippen molar-refractivity contribution in [3.63, 3.8) is 0 Å². The quantitative estimate of drug-likeness (QED) is 0.118. The van der Waals surface area contributed by atoms with Crippen LogP contribution in [0.2, 0.25) is 0 Å². The molecule has 5 rings (SSSR count). The number of alkyl halides is 5. The first kappa shape index (κ1) is 34.2. The third-order valence-electron chi connectivity index (χ3n) is 8.81. The molecule has 0 saturated heterocycles. The van der Waals surface area contributed by atoms with Crippen LogP contribution in [-0.2, 0) is 30.9 Å². The first-order chi connectivity index (χ1) is 19.1. The van der Waals surface area contributed by atoms with Crippen LogP contribution in [0.5, 0.6) is 0 Å². The number of hydrogen-bond acceptors (Lipinski definition) is 6. The van der Waals surface area contributed by atoms with Crippen molar-refractivity contribution in [1.82, 2.24) is 0 Å². The van der Waals surface area contributed by atoms with Crippen LogP contribution in [-0.4, -0.2) is 68.2 Å². The maximum Gasteiger partial charge on any atom is 0.432 e. The van der Waals surface area contributed by atoms with Crippen molar-refractivity contribution < 1.29 is 53.7 Å². The van der Waals surface area contributed by atoms with E-state index in [0.29, 0.717) is 6.42 Å². The Morgan fingerprint density at radius 1 is 1.10 bits per heavy atom. The summed E-state index contributed by atoms with van der Waals surface area (Å²) in [5.74, 6) is -1.95. The summed E-state index contributed by atoms with van der Waals surface area (Å²) >= 11 is 0. The van der Waals surface area contributed by atoms with E-state index in [1.165, 1.54) is 17.9 Å². The van der Waals surface area contributed by atoms with Gasteiger partial charge in [-0.05, 0) is 49.9 Å². The second-order valence-electron chi connectivity index (χ2n) is 13.3. The fraction of sp³-hybridized carbons (Fsp3) is 0.690. The van der Waals surface area contributed by atoms with Gasteiger partial charge < -0.3 is 18.5 Å². The van der Waals surface area contributed by atoms with Gasteiger partial charge in [-0.15, -0.1) is 0 Å². The first-order valence-electron chi connectivity index (χ1n) is 13.8.